The second-order valence-corrected chi connectivity index (χ2v) is 9.59. The van der Waals surface area contributed by atoms with Crippen LogP contribution >= 0.6 is 0 Å². The normalized spacial score (nSPS) is 12.5. The van der Waals surface area contributed by atoms with Gasteiger partial charge in [-0.1, -0.05) is 36.4 Å². The topological polar surface area (TPSA) is 71.0 Å². The maximum absolute atomic E-state index is 9.54. The first-order valence-electron chi connectivity index (χ1n) is 12.3. The highest BCUT2D eigenvalue weighted by Gasteiger charge is 2.40. The number of nitrogens with zero attached hydrogens (tertiary/aromatic N) is 3. The van der Waals surface area contributed by atoms with E-state index in [4.69, 9.17) is 9.47 Å². The van der Waals surface area contributed by atoms with Gasteiger partial charge in [-0.15, -0.1) is 0 Å². The number of ether oxygens (including phenoxy) is 2. The summed E-state index contributed by atoms with van der Waals surface area (Å²) in [5.41, 5.74) is 7.15. The summed E-state index contributed by atoms with van der Waals surface area (Å²) in [6, 6.07) is 36.3. The fourth-order valence-corrected chi connectivity index (χ4v) is 5.95. The molecule has 2 aliphatic heterocycles. The lowest BCUT2D eigenvalue weighted by molar-refractivity contribution is 0.464. The summed E-state index contributed by atoms with van der Waals surface area (Å²) in [6.45, 7) is 0.0125. The molecule has 2 aliphatic rings. The van der Waals surface area contributed by atoms with Gasteiger partial charge in [0.05, 0.1) is 40.0 Å². The minimum absolute atomic E-state index is 0.0125. The lowest BCUT2D eigenvalue weighted by Gasteiger charge is -2.33. The Morgan fingerprint density at radius 1 is 0.579 bits per heavy atom. The smallest absolute Gasteiger partial charge is 0.260 e. The molecule has 0 atom stereocenters. The van der Waals surface area contributed by atoms with Gasteiger partial charge < -0.3 is 14.0 Å². The lowest BCUT2D eigenvalue weighted by atomic mass is 9.35. The third kappa shape index (κ3) is 2.75. The molecule has 174 valence electrons. The van der Waals surface area contributed by atoms with Crippen LogP contribution in [0.3, 0.4) is 0 Å². The molecular weight excluding hydrogens is 469 g/mol. The molecular formula is C32H16BN3O2. The van der Waals surface area contributed by atoms with E-state index in [1.165, 1.54) is 0 Å². The first-order valence-corrected chi connectivity index (χ1v) is 12.3. The number of benzene rings is 5. The highest BCUT2D eigenvalue weighted by Crippen LogP contribution is 2.39. The Morgan fingerprint density at radius 3 is 1.58 bits per heavy atom. The van der Waals surface area contributed by atoms with Crippen LogP contribution in [0.2, 0.25) is 0 Å². The van der Waals surface area contributed by atoms with Gasteiger partial charge in [0.1, 0.15) is 23.0 Å². The minimum Gasteiger partial charge on any atom is -0.458 e. The predicted molar refractivity (Wildman–Crippen MR) is 148 cm³/mol. The molecule has 0 bridgehead atoms. The zero-order chi connectivity index (χ0) is 25.4. The molecule has 5 aromatic carbocycles. The number of nitriles is 2. The van der Waals surface area contributed by atoms with E-state index in [0.717, 1.165) is 66.9 Å². The average molecular weight is 485 g/mol. The van der Waals surface area contributed by atoms with Crippen LogP contribution in [-0.4, -0.2) is 11.3 Å². The van der Waals surface area contributed by atoms with Crippen molar-refractivity contribution < 1.29 is 9.47 Å². The van der Waals surface area contributed by atoms with Crippen molar-refractivity contribution in [1.29, 1.82) is 10.5 Å². The number of fused-ring (bicyclic) bond motifs is 7. The highest BCUT2D eigenvalue weighted by molar-refractivity contribution is 6.98. The molecule has 0 saturated carbocycles. The highest BCUT2D eigenvalue weighted by atomic mass is 16.5. The van der Waals surface area contributed by atoms with Crippen molar-refractivity contribution in [2.45, 2.75) is 0 Å². The zero-order valence-electron chi connectivity index (χ0n) is 20.0. The Bertz CT molecular complexity index is 1940. The van der Waals surface area contributed by atoms with Crippen molar-refractivity contribution in [3.05, 3.63) is 108 Å². The number of hydrogen-bond donors (Lipinski definition) is 0. The molecule has 0 fully saturated rings. The Labute approximate surface area is 218 Å². The number of aromatic nitrogens is 1. The molecule has 5 nitrogen and oxygen atoms in total. The fraction of sp³-hybridized carbons (Fsp3) is 0. The van der Waals surface area contributed by atoms with Crippen LogP contribution in [0.15, 0.2) is 97.1 Å². The van der Waals surface area contributed by atoms with Crippen LogP contribution in [0.25, 0.3) is 27.5 Å². The van der Waals surface area contributed by atoms with Gasteiger partial charge in [0.25, 0.3) is 6.71 Å². The van der Waals surface area contributed by atoms with Gasteiger partial charge in [0, 0.05) is 28.4 Å². The quantitative estimate of drug-likeness (QED) is 0.298. The Kier molecular flexibility index (Phi) is 4.10. The van der Waals surface area contributed by atoms with Crippen LogP contribution in [0, 0.1) is 22.7 Å². The second-order valence-electron chi connectivity index (χ2n) is 9.59. The molecule has 3 heterocycles. The molecule has 8 rings (SSSR count). The average Bonchev–Trinajstić information content (AvgIpc) is 3.29. The van der Waals surface area contributed by atoms with E-state index in [9.17, 15) is 10.5 Å². The SMILES string of the molecule is N#Cc1ccc2c(c1)c1cc(C#N)ccc1n2-c1cc2c3c(c1)Oc1ccccc1B3c1ccccc1O2. The monoisotopic (exact) mass is 485 g/mol. The lowest BCUT2D eigenvalue weighted by Crippen LogP contribution is -2.57. The van der Waals surface area contributed by atoms with Crippen LogP contribution in [0.4, 0.5) is 0 Å². The molecule has 0 amide bonds. The van der Waals surface area contributed by atoms with Crippen molar-refractivity contribution >= 4 is 44.9 Å². The van der Waals surface area contributed by atoms with E-state index in [-0.39, 0.29) is 6.71 Å². The van der Waals surface area contributed by atoms with Crippen LogP contribution in [-0.2, 0) is 0 Å². The Balaban J connectivity index is 1.44. The second kappa shape index (κ2) is 7.52. The minimum atomic E-state index is 0.0125. The third-order valence-corrected chi connectivity index (χ3v) is 7.56. The van der Waals surface area contributed by atoms with E-state index < -0.39 is 0 Å². The molecule has 0 spiro atoms. The van der Waals surface area contributed by atoms with Crippen molar-refractivity contribution in [3.63, 3.8) is 0 Å². The van der Waals surface area contributed by atoms with Crippen LogP contribution in [0.1, 0.15) is 11.1 Å². The summed E-state index contributed by atoms with van der Waals surface area (Å²) >= 11 is 0. The maximum atomic E-state index is 9.54. The number of hydrogen-bond acceptors (Lipinski definition) is 4. The molecule has 0 N–H and O–H groups in total. The van der Waals surface area contributed by atoms with Gasteiger partial charge in [0.15, 0.2) is 0 Å². The van der Waals surface area contributed by atoms with Gasteiger partial charge in [0.2, 0.25) is 0 Å². The zero-order valence-corrected chi connectivity index (χ0v) is 20.0. The molecule has 0 radical (unpaired) electrons. The summed E-state index contributed by atoms with van der Waals surface area (Å²) in [7, 11) is 0. The molecule has 6 aromatic rings. The maximum Gasteiger partial charge on any atom is 0.260 e. The first kappa shape index (κ1) is 20.7. The van der Waals surface area contributed by atoms with Crippen molar-refractivity contribution in [3.8, 4) is 40.8 Å². The van der Waals surface area contributed by atoms with E-state index in [2.05, 4.69) is 41.0 Å². The summed E-state index contributed by atoms with van der Waals surface area (Å²) in [6.07, 6.45) is 0. The van der Waals surface area contributed by atoms with Crippen molar-refractivity contribution in [1.82, 2.24) is 4.57 Å². The fourth-order valence-electron chi connectivity index (χ4n) is 5.95. The summed E-state index contributed by atoms with van der Waals surface area (Å²) in [5, 5.41) is 20.9. The largest absolute Gasteiger partial charge is 0.458 e. The van der Waals surface area contributed by atoms with E-state index in [1.807, 2.05) is 72.8 Å². The molecule has 0 unspecified atom stereocenters. The first-order chi connectivity index (χ1) is 18.7. The van der Waals surface area contributed by atoms with Gasteiger partial charge in [-0.05, 0) is 59.5 Å². The van der Waals surface area contributed by atoms with E-state index >= 15 is 0 Å². The summed E-state index contributed by atoms with van der Waals surface area (Å²) in [5.74, 6) is 3.19. The van der Waals surface area contributed by atoms with Gasteiger partial charge in [-0.25, -0.2) is 0 Å². The number of rotatable bonds is 1. The molecule has 6 heteroatoms. The number of para-hydroxylation sites is 2. The van der Waals surface area contributed by atoms with Crippen molar-refractivity contribution in [2.24, 2.45) is 0 Å². The summed E-state index contributed by atoms with van der Waals surface area (Å²) in [4.78, 5) is 0. The Morgan fingerprint density at radius 2 is 1.08 bits per heavy atom. The summed E-state index contributed by atoms with van der Waals surface area (Å²) < 4.78 is 15.1. The van der Waals surface area contributed by atoms with Gasteiger partial charge >= 0.3 is 0 Å². The van der Waals surface area contributed by atoms with Gasteiger partial charge in [-0.2, -0.15) is 10.5 Å². The van der Waals surface area contributed by atoms with E-state index in [1.54, 1.807) is 0 Å². The van der Waals surface area contributed by atoms with Crippen LogP contribution in [0.5, 0.6) is 23.0 Å². The van der Waals surface area contributed by atoms with Crippen molar-refractivity contribution in [2.75, 3.05) is 0 Å². The van der Waals surface area contributed by atoms with E-state index in [0.29, 0.717) is 11.1 Å². The standard InChI is InChI=1S/C32H16BN3O2/c34-17-19-9-11-26-22(13-19)23-14-20(18-35)10-12-27(23)36(26)21-15-30-32-31(16-21)38-29-8-4-2-6-25(29)33(32)24-5-1-3-7-28(24)37-30/h1-16H. The predicted octanol–water partition coefficient (Wildman–Crippen LogP) is 5.25. The van der Waals surface area contributed by atoms with Crippen LogP contribution < -0.4 is 25.9 Å². The third-order valence-electron chi connectivity index (χ3n) is 7.56. The van der Waals surface area contributed by atoms with Gasteiger partial charge in [-0.3, -0.25) is 0 Å². The molecule has 0 aliphatic carbocycles. The molecule has 38 heavy (non-hydrogen) atoms. The Hall–Kier alpha value is -5.46. The molecule has 1 aromatic heterocycles. The molecule has 0 saturated heterocycles.